The van der Waals surface area contributed by atoms with Crippen molar-refractivity contribution in [2.45, 2.75) is 20.8 Å². The van der Waals surface area contributed by atoms with E-state index in [1.807, 2.05) is 0 Å². The monoisotopic (exact) mass is 194 g/mol. The first-order chi connectivity index (χ1) is 6.41. The summed E-state index contributed by atoms with van der Waals surface area (Å²) in [4.78, 5) is 15.4. The van der Waals surface area contributed by atoms with Crippen molar-refractivity contribution in [3.63, 3.8) is 0 Å². The average molecular weight is 194 g/mol. The molecule has 0 saturated carbocycles. The number of amides is 1. The fraction of sp³-hybridized carbons (Fsp3) is 0.400. The number of aromatic nitrogens is 1. The van der Waals surface area contributed by atoms with Crippen LogP contribution in [-0.2, 0) is 4.79 Å². The summed E-state index contributed by atoms with van der Waals surface area (Å²) in [5.41, 5.74) is -0.496. The number of nitrogens with one attached hydrogen (secondary N) is 1. The highest BCUT2D eigenvalue weighted by Crippen LogP contribution is 2.22. The van der Waals surface area contributed by atoms with Crippen molar-refractivity contribution in [3.05, 3.63) is 18.3 Å². The van der Waals surface area contributed by atoms with Gasteiger partial charge in [-0.15, -0.1) is 0 Å². The number of carbonyl (C=O) groups is 1. The molecule has 4 heteroatoms. The molecule has 0 unspecified atom stereocenters. The Morgan fingerprint density at radius 3 is 2.64 bits per heavy atom. The maximum Gasteiger partial charge on any atom is 0.231 e. The molecule has 14 heavy (non-hydrogen) atoms. The predicted molar refractivity (Wildman–Crippen MR) is 54.0 cm³/mol. The van der Waals surface area contributed by atoms with Crippen LogP contribution in [0, 0.1) is 5.41 Å². The third-order valence-electron chi connectivity index (χ3n) is 1.70. The van der Waals surface area contributed by atoms with E-state index in [0.717, 1.165) is 0 Å². The van der Waals surface area contributed by atoms with Crippen molar-refractivity contribution in [1.29, 1.82) is 0 Å². The van der Waals surface area contributed by atoms with E-state index >= 15 is 0 Å². The molecule has 0 aliphatic carbocycles. The molecule has 0 aromatic carbocycles. The van der Waals surface area contributed by atoms with Gasteiger partial charge in [0.2, 0.25) is 5.91 Å². The molecule has 1 aromatic rings. The largest absolute Gasteiger partial charge is 0.504 e. The SMILES string of the molecule is CC(C)(C)C(=O)Nc1ncccc1O. The van der Waals surface area contributed by atoms with Gasteiger partial charge in [0.25, 0.3) is 0 Å². The number of rotatable bonds is 1. The van der Waals surface area contributed by atoms with Gasteiger partial charge >= 0.3 is 0 Å². The van der Waals surface area contributed by atoms with Gasteiger partial charge in [0.15, 0.2) is 11.6 Å². The lowest BCUT2D eigenvalue weighted by Gasteiger charge is -2.17. The van der Waals surface area contributed by atoms with Crippen molar-refractivity contribution in [1.82, 2.24) is 4.98 Å². The Hall–Kier alpha value is -1.58. The van der Waals surface area contributed by atoms with Gasteiger partial charge in [-0.25, -0.2) is 4.98 Å². The van der Waals surface area contributed by atoms with Crippen LogP contribution in [0.4, 0.5) is 5.82 Å². The fourth-order valence-electron chi connectivity index (χ4n) is 0.788. The third-order valence-corrected chi connectivity index (χ3v) is 1.70. The quantitative estimate of drug-likeness (QED) is 0.716. The average Bonchev–Trinajstić information content (AvgIpc) is 2.07. The maximum absolute atomic E-state index is 11.5. The Balaban J connectivity index is 2.80. The number of hydrogen-bond acceptors (Lipinski definition) is 3. The minimum absolute atomic E-state index is 0.0231. The van der Waals surface area contributed by atoms with Crippen LogP contribution in [0.1, 0.15) is 20.8 Å². The van der Waals surface area contributed by atoms with Crippen LogP contribution in [-0.4, -0.2) is 16.0 Å². The van der Waals surface area contributed by atoms with Crippen LogP contribution in [0.3, 0.4) is 0 Å². The van der Waals surface area contributed by atoms with E-state index < -0.39 is 5.41 Å². The molecule has 1 rings (SSSR count). The fourth-order valence-corrected chi connectivity index (χ4v) is 0.788. The standard InChI is InChI=1S/C10H14N2O2/c1-10(2,3)9(14)12-8-7(13)5-4-6-11-8/h4-6,13H,1-3H3,(H,11,12,14). The van der Waals surface area contributed by atoms with Crippen LogP contribution < -0.4 is 5.32 Å². The molecule has 0 aliphatic heterocycles. The summed E-state index contributed by atoms with van der Waals surface area (Å²) < 4.78 is 0. The van der Waals surface area contributed by atoms with Crippen molar-refractivity contribution >= 4 is 11.7 Å². The maximum atomic E-state index is 11.5. The Morgan fingerprint density at radius 1 is 1.50 bits per heavy atom. The number of anilines is 1. The van der Waals surface area contributed by atoms with Gasteiger partial charge in [-0.1, -0.05) is 20.8 Å². The second-order valence-electron chi connectivity index (χ2n) is 4.08. The lowest BCUT2D eigenvalue weighted by Crippen LogP contribution is -2.28. The van der Waals surface area contributed by atoms with Crippen molar-refractivity contribution in [3.8, 4) is 5.75 Å². The number of nitrogens with zero attached hydrogens (tertiary/aromatic N) is 1. The Morgan fingerprint density at radius 2 is 2.14 bits per heavy atom. The van der Waals surface area contributed by atoms with Crippen molar-refractivity contribution < 1.29 is 9.90 Å². The van der Waals surface area contributed by atoms with Gasteiger partial charge in [0.1, 0.15) is 0 Å². The molecule has 0 aliphatic rings. The van der Waals surface area contributed by atoms with Gasteiger partial charge in [-0.05, 0) is 12.1 Å². The van der Waals surface area contributed by atoms with Crippen LogP contribution in [0.2, 0.25) is 0 Å². The van der Waals surface area contributed by atoms with E-state index in [1.165, 1.54) is 12.3 Å². The summed E-state index contributed by atoms with van der Waals surface area (Å²) in [6.07, 6.45) is 1.51. The summed E-state index contributed by atoms with van der Waals surface area (Å²) in [6, 6.07) is 3.08. The molecule has 1 heterocycles. The second-order valence-corrected chi connectivity index (χ2v) is 4.08. The summed E-state index contributed by atoms with van der Waals surface area (Å²) >= 11 is 0. The normalized spacial score (nSPS) is 11.1. The van der Waals surface area contributed by atoms with E-state index in [0.29, 0.717) is 0 Å². The zero-order valence-corrected chi connectivity index (χ0v) is 8.53. The van der Waals surface area contributed by atoms with Gasteiger partial charge in [0, 0.05) is 11.6 Å². The highest BCUT2D eigenvalue weighted by Gasteiger charge is 2.22. The summed E-state index contributed by atoms with van der Waals surface area (Å²) in [6.45, 7) is 5.38. The van der Waals surface area contributed by atoms with E-state index in [1.54, 1.807) is 26.8 Å². The lowest BCUT2D eigenvalue weighted by atomic mass is 9.96. The molecular formula is C10H14N2O2. The lowest BCUT2D eigenvalue weighted by molar-refractivity contribution is -0.123. The van der Waals surface area contributed by atoms with Crippen molar-refractivity contribution in [2.24, 2.45) is 5.41 Å². The Bertz CT molecular complexity index is 342. The zero-order valence-electron chi connectivity index (χ0n) is 8.53. The van der Waals surface area contributed by atoms with Crippen LogP contribution >= 0.6 is 0 Å². The third kappa shape index (κ3) is 2.45. The molecule has 0 radical (unpaired) electrons. The second kappa shape index (κ2) is 3.65. The molecule has 0 saturated heterocycles. The van der Waals surface area contributed by atoms with Crippen LogP contribution in [0.25, 0.3) is 0 Å². The summed E-state index contributed by atoms with van der Waals surface area (Å²) in [5, 5.41) is 11.9. The van der Waals surface area contributed by atoms with Crippen LogP contribution in [0.5, 0.6) is 5.75 Å². The topological polar surface area (TPSA) is 62.2 Å². The summed E-state index contributed by atoms with van der Waals surface area (Å²) in [5.74, 6) is 0.00373. The van der Waals surface area contributed by atoms with Gasteiger partial charge in [-0.2, -0.15) is 0 Å². The van der Waals surface area contributed by atoms with Gasteiger partial charge < -0.3 is 10.4 Å². The number of hydrogen-bond donors (Lipinski definition) is 2. The van der Waals surface area contributed by atoms with E-state index in [-0.39, 0.29) is 17.5 Å². The zero-order chi connectivity index (χ0) is 10.8. The first kappa shape index (κ1) is 10.5. The van der Waals surface area contributed by atoms with E-state index in [2.05, 4.69) is 10.3 Å². The first-order valence-corrected chi connectivity index (χ1v) is 4.36. The molecule has 2 N–H and O–H groups in total. The molecule has 0 bridgehead atoms. The summed E-state index contributed by atoms with van der Waals surface area (Å²) in [7, 11) is 0. The Kier molecular flexibility index (Phi) is 2.74. The van der Waals surface area contributed by atoms with Crippen molar-refractivity contribution in [2.75, 3.05) is 5.32 Å². The van der Waals surface area contributed by atoms with E-state index in [4.69, 9.17) is 0 Å². The molecule has 1 amide bonds. The number of carbonyl (C=O) groups excluding carboxylic acids is 1. The number of pyridine rings is 1. The number of aromatic hydroxyl groups is 1. The van der Waals surface area contributed by atoms with Gasteiger partial charge in [0.05, 0.1) is 0 Å². The molecule has 0 fully saturated rings. The highest BCUT2D eigenvalue weighted by atomic mass is 16.3. The van der Waals surface area contributed by atoms with E-state index in [9.17, 15) is 9.90 Å². The molecule has 76 valence electrons. The minimum atomic E-state index is -0.496. The Labute approximate surface area is 83.0 Å². The van der Waals surface area contributed by atoms with Crippen LogP contribution in [0.15, 0.2) is 18.3 Å². The smallest absolute Gasteiger partial charge is 0.231 e. The molecule has 4 nitrogen and oxygen atoms in total. The molecule has 1 aromatic heterocycles. The highest BCUT2D eigenvalue weighted by molar-refractivity contribution is 5.94. The van der Waals surface area contributed by atoms with Gasteiger partial charge in [-0.3, -0.25) is 4.79 Å². The molecule has 0 atom stereocenters. The molecule has 0 spiro atoms. The minimum Gasteiger partial charge on any atom is -0.504 e. The predicted octanol–water partition coefficient (Wildman–Crippen LogP) is 1.77. The molecular weight excluding hydrogens is 180 g/mol. The first-order valence-electron chi connectivity index (χ1n) is 4.36.